The van der Waals surface area contributed by atoms with Crippen molar-refractivity contribution in [2.75, 3.05) is 0 Å². The van der Waals surface area contributed by atoms with Crippen LogP contribution in [-0.2, 0) is 0 Å². The molecule has 14 rings (SSSR count). The number of rotatable bonds is 3. The molecule has 0 saturated heterocycles. The summed E-state index contributed by atoms with van der Waals surface area (Å²) in [6.07, 6.45) is -0.461. The largest absolute Gasteiger partial charge is 0.455 e. The first-order valence-corrected chi connectivity index (χ1v) is 21.7. The van der Waals surface area contributed by atoms with Crippen LogP contribution in [0, 0.1) is 0 Å². The first-order chi connectivity index (χ1) is 30.7. The third-order valence-electron chi connectivity index (χ3n) is 12.8. The van der Waals surface area contributed by atoms with Gasteiger partial charge in [0.25, 0.3) is 0 Å². The molecule has 0 bridgehead atoms. The Morgan fingerprint density at radius 1 is 0.484 bits per heavy atom. The third kappa shape index (κ3) is 4.79. The summed E-state index contributed by atoms with van der Waals surface area (Å²) in [4.78, 5) is 11.1. The lowest BCUT2D eigenvalue weighted by molar-refractivity contribution is 0.659. The highest BCUT2D eigenvalue weighted by Gasteiger charge is 2.29. The van der Waals surface area contributed by atoms with Crippen LogP contribution >= 0.6 is 11.3 Å². The Bertz CT molecular complexity index is 4050. The van der Waals surface area contributed by atoms with Crippen molar-refractivity contribution in [1.29, 1.82) is 0 Å². The van der Waals surface area contributed by atoms with Gasteiger partial charge in [-0.25, -0.2) is 4.99 Å². The Morgan fingerprint density at radius 2 is 1.10 bits per heavy atom. The van der Waals surface area contributed by atoms with Crippen molar-refractivity contribution in [3.05, 3.63) is 199 Å². The summed E-state index contributed by atoms with van der Waals surface area (Å²) in [6.45, 7) is 0. The molecule has 5 heterocycles. The van der Waals surface area contributed by atoms with Crippen molar-refractivity contribution < 1.29 is 4.42 Å². The number of aromatic nitrogens is 2. The van der Waals surface area contributed by atoms with E-state index in [9.17, 15) is 0 Å². The lowest BCUT2D eigenvalue weighted by Gasteiger charge is -2.25. The van der Waals surface area contributed by atoms with Crippen molar-refractivity contribution in [2.24, 2.45) is 9.98 Å². The zero-order valence-electron chi connectivity index (χ0n) is 33.1. The van der Waals surface area contributed by atoms with E-state index in [-0.39, 0.29) is 0 Å². The maximum absolute atomic E-state index is 6.88. The minimum Gasteiger partial charge on any atom is -0.455 e. The van der Waals surface area contributed by atoms with Crippen LogP contribution in [-0.4, -0.2) is 20.9 Å². The quantitative estimate of drug-likeness (QED) is 0.193. The maximum Gasteiger partial charge on any atom is 0.234 e. The molecule has 0 saturated carbocycles. The van der Waals surface area contributed by atoms with E-state index in [0.29, 0.717) is 11.8 Å². The first-order valence-electron chi connectivity index (χ1n) is 20.9. The Labute approximate surface area is 357 Å². The van der Waals surface area contributed by atoms with Crippen LogP contribution in [0.25, 0.3) is 102 Å². The molecule has 1 atom stereocenters. The predicted octanol–water partition coefficient (Wildman–Crippen LogP) is 14.3. The van der Waals surface area contributed by atoms with Crippen molar-refractivity contribution in [2.45, 2.75) is 6.17 Å². The van der Waals surface area contributed by atoms with E-state index >= 15 is 0 Å². The van der Waals surface area contributed by atoms with Crippen LogP contribution in [0.3, 0.4) is 0 Å². The lowest BCUT2D eigenvalue weighted by atomic mass is 10.0. The molecule has 1 unspecified atom stereocenters. The molecular formula is C55H33N5OS. The number of hydrogen-bond acceptors (Lipinski definition) is 5. The molecule has 0 aliphatic carbocycles. The zero-order valence-corrected chi connectivity index (χ0v) is 33.9. The van der Waals surface area contributed by atoms with E-state index in [4.69, 9.17) is 14.4 Å². The fourth-order valence-corrected chi connectivity index (χ4v) is 11.2. The Morgan fingerprint density at radius 3 is 1.87 bits per heavy atom. The van der Waals surface area contributed by atoms with Gasteiger partial charge in [0.15, 0.2) is 6.17 Å². The number of aliphatic imine (C=N–C) groups is 2. The second-order valence-electron chi connectivity index (χ2n) is 16.2. The maximum atomic E-state index is 6.88. The molecule has 0 radical (unpaired) electrons. The molecular weight excluding hydrogens is 779 g/mol. The second kappa shape index (κ2) is 12.8. The second-order valence-corrected chi connectivity index (χ2v) is 17.2. The van der Waals surface area contributed by atoms with Crippen molar-refractivity contribution in [3.63, 3.8) is 0 Å². The molecule has 1 aliphatic heterocycles. The molecule has 0 amide bonds. The van der Waals surface area contributed by atoms with Gasteiger partial charge in [-0.3, -0.25) is 4.57 Å². The average molecular weight is 812 g/mol. The molecule has 0 fully saturated rings. The van der Waals surface area contributed by atoms with Gasteiger partial charge in [-0.2, -0.15) is 4.99 Å². The van der Waals surface area contributed by atoms with E-state index < -0.39 is 6.17 Å². The van der Waals surface area contributed by atoms with Gasteiger partial charge in [-0.05, 0) is 65.4 Å². The van der Waals surface area contributed by atoms with Crippen LogP contribution in [0.4, 0.5) is 0 Å². The molecule has 6 nitrogen and oxygen atoms in total. The van der Waals surface area contributed by atoms with Gasteiger partial charge in [0.05, 0.1) is 27.6 Å². The molecule has 0 spiro atoms. The summed E-state index contributed by atoms with van der Waals surface area (Å²) < 4.78 is 14.0. The lowest BCUT2D eigenvalue weighted by Crippen LogP contribution is -2.35. The van der Waals surface area contributed by atoms with E-state index in [1.165, 1.54) is 41.7 Å². The van der Waals surface area contributed by atoms with E-state index in [0.717, 1.165) is 71.6 Å². The van der Waals surface area contributed by atoms with Crippen LogP contribution in [0.5, 0.6) is 0 Å². The SMILES string of the molecule is c1ccc2cc3c(cc2c1)c1ccccc1n3-c1cc(C2=NC(n3c4ccccc4c4ccccc43)=NC(c3cccc4c3sc3ccccc34)N2)c2oc3ccccc3c2c1. The van der Waals surface area contributed by atoms with E-state index in [1.54, 1.807) is 0 Å². The van der Waals surface area contributed by atoms with Crippen LogP contribution in [0.1, 0.15) is 17.3 Å². The highest BCUT2D eigenvalue weighted by atomic mass is 32.1. The van der Waals surface area contributed by atoms with Crippen molar-refractivity contribution >= 4 is 120 Å². The minimum atomic E-state index is -0.461. The fraction of sp³-hybridized carbons (Fsp3) is 0.0182. The van der Waals surface area contributed by atoms with Crippen LogP contribution in [0.15, 0.2) is 202 Å². The summed E-state index contributed by atoms with van der Waals surface area (Å²) in [5, 5.41) is 15.6. The number of benzene rings is 9. The topological polar surface area (TPSA) is 59.8 Å². The predicted molar refractivity (Wildman–Crippen MR) is 260 cm³/mol. The van der Waals surface area contributed by atoms with Crippen molar-refractivity contribution in [1.82, 2.24) is 14.5 Å². The Hall–Kier alpha value is -8.00. The number of nitrogens with one attached hydrogen (secondary N) is 1. The number of para-hydroxylation sites is 4. The molecule has 4 aromatic heterocycles. The fourth-order valence-electron chi connectivity index (χ4n) is 10.0. The summed E-state index contributed by atoms with van der Waals surface area (Å²) in [5.74, 6) is 1.30. The van der Waals surface area contributed by atoms with Gasteiger partial charge >= 0.3 is 0 Å². The smallest absolute Gasteiger partial charge is 0.234 e. The normalized spacial score (nSPS) is 14.6. The van der Waals surface area contributed by atoms with Gasteiger partial charge < -0.3 is 14.3 Å². The number of fused-ring (bicyclic) bond motifs is 13. The number of furan rings is 1. The first kappa shape index (κ1) is 33.8. The zero-order chi connectivity index (χ0) is 40.5. The third-order valence-corrected chi connectivity index (χ3v) is 14.0. The number of nitrogens with zero attached hydrogens (tertiary/aromatic N) is 4. The van der Waals surface area contributed by atoms with Crippen LogP contribution < -0.4 is 5.32 Å². The summed E-state index contributed by atoms with van der Waals surface area (Å²) in [6, 6.07) is 67.2. The summed E-state index contributed by atoms with van der Waals surface area (Å²) in [7, 11) is 0. The molecule has 7 heteroatoms. The standard InChI is InChI=1S/C55H33N5OS/c1-2-15-33-29-48-42(28-32(33)14-1)37-18-5-8-23-45(37)59(48)34-30-43-38-19-6-11-26-49(38)61-51(43)44(31-34)54-56-53(41-22-13-21-40-39-20-7-12-27-50(39)62-52(40)41)57-55(58-54)60-46-24-9-3-16-35(46)36-17-4-10-25-47(36)60/h1-31,53H,(H,56,57,58). The number of hydrogen-bond donors (Lipinski definition) is 1. The molecule has 1 N–H and O–H groups in total. The molecule has 290 valence electrons. The van der Waals surface area contributed by atoms with Gasteiger partial charge in [-0.1, -0.05) is 133 Å². The number of amidine groups is 1. The molecule has 1 aliphatic rings. The Balaban J connectivity index is 1.07. The van der Waals surface area contributed by atoms with Gasteiger partial charge in [0.1, 0.15) is 17.0 Å². The summed E-state index contributed by atoms with van der Waals surface area (Å²) >= 11 is 1.81. The highest BCUT2D eigenvalue weighted by molar-refractivity contribution is 7.26. The Kier molecular flexibility index (Phi) is 6.95. The van der Waals surface area contributed by atoms with Gasteiger partial charge in [-0.15, -0.1) is 11.3 Å². The van der Waals surface area contributed by atoms with E-state index in [2.05, 4.69) is 196 Å². The van der Waals surface area contributed by atoms with Gasteiger partial charge in [0.2, 0.25) is 5.96 Å². The molecule has 62 heavy (non-hydrogen) atoms. The average Bonchev–Trinajstić information content (AvgIpc) is 4.08. The van der Waals surface area contributed by atoms with Gasteiger partial charge in [0, 0.05) is 63.7 Å². The monoisotopic (exact) mass is 811 g/mol. The van der Waals surface area contributed by atoms with Crippen LogP contribution in [0.2, 0.25) is 0 Å². The highest BCUT2D eigenvalue weighted by Crippen LogP contribution is 2.42. The molecule has 13 aromatic rings. The number of thiophene rings is 1. The van der Waals surface area contributed by atoms with E-state index in [1.807, 2.05) is 17.4 Å². The summed E-state index contributed by atoms with van der Waals surface area (Å²) in [5.41, 5.74) is 8.97. The van der Waals surface area contributed by atoms with Crippen molar-refractivity contribution in [3.8, 4) is 5.69 Å². The molecule has 9 aromatic carbocycles. The minimum absolute atomic E-state index is 0.461.